The number of rotatable bonds is 2. The minimum atomic E-state index is -4.44. The first-order chi connectivity index (χ1) is 6.49. The smallest absolute Gasteiger partial charge is 0.433 e. The lowest BCUT2D eigenvalue weighted by Gasteiger charge is -2.08. The van der Waals surface area contributed by atoms with E-state index in [1.165, 1.54) is 13.2 Å². The summed E-state index contributed by atoms with van der Waals surface area (Å²) < 4.78 is 41.4. The highest BCUT2D eigenvalue weighted by Gasteiger charge is 2.32. The van der Waals surface area contributed by atoms with Crippen molar-refractivity contribution in [3.63, 3.8) is 0 Å². The fourth-order valence-electron chi connectivity index (χ4n) is 0.943. The van der Waals surface area contributed by atoms with Crippen molar-refractivity contribution in [3.05, 3.63) is 30.1 Å². The molecule has 1 heterocycles. The average Bonchev–Trinajstić information content (AvgIpc) is 2.15. The summed E-state index contributed by atoms with van der Waals surface area (Å²) in [4.78, 5) is 3.23. The van der Waals surface area contributed by atoms with Crippen LogP contribution in [0, 0.1) is 0 Å². The van der Waals surface area contributed by atoms with E-state index >= 15 is 0 Å². The number of hydrogen-bond acceptors (Lipinski definition) is 2. The highest BCUT2D eigenvalue weighted by atomic mass is 19.4. The number of ether oxygens (including phenoxy) is 1. The van der Waals surface area contributed by atoms with E-state index in [1.807, 2.05) is 0 Å². The summed E-state index contributed by atoms with van der Waals surface area (Å²) in [5.41, 5.74) is -0.678. The van der Waals surface area contributed by atoms with Crippen LogP contribution in [0.3, 0.4) is 0 Å². The molecule has 0 fully saturated rings. The third kappa shape index (κ3) is 2.04. The molecular formula is C9H8F3NO. The standard InChI is InChI=1S/C9H8F3NO/c1-3-6-4-8(9(10,11)12)13-5-7(6)14-2/h3-5H,1H2,2H3. The molecule has 1 rings (SSSR count). The zero-order valence-corrected chi connectivity index (χ0v) is 7.43. The molecule has 0 amide bonds. The van der Waals surface area contributed by atoms with E-state index < -0.39 is 11.9 Å². The van der Waals surface area contributed by atoms with Crippen LogP contribution in [0.4, 0.5) is 13.2 Å². The van der Waals surface area contributed by atoms with Gasteiger partial charge in [0.2, 0.25) is 0 Å². The lowest BCUT2D eigenvalue weighted by molar-refractivity contribution is -0.141. The Morgan fingerprint density at radius 3 is 2.57 bits per heavy atom. The molecule has 1 aromatic rings. The van der Waals surface area contributed by atoms with Crippen LogP contribution in [0.1, 0.15) is 11.3 Å². The Bertz CT molecular complexity index is 346. The van der Waals surface area contributed by atoms with Crippen LogP contribution >= 0.6 is 0 Å². The largest absolute Gasteiger partial charge is 0.495 e. The number of nitrogens with zero attached hydrogens (tertiary/aromatic N) is 1. The summed E-state index contributed by atoms with van der Waals surface area (Å²) in [6.45, 7) is 3.39. The van der Waals surface area contributed by atoms with Crippen molar-refractivity contribution in [2.75, 3.05) is 7.11 Å². The number of halogens is 3. The van der Waals surface area contributed by atoms with Gasteiger partial charge in [0, 0.05) is 5.56 Å². The molecule has 0 N–H and O–H groups in total. The third-order valence-electron chi connectivity index (χ3n) is 1.63. The predicted octanol–water partition coefficient (Wildman–Crippen LogP) is 2.75. The fourth-order valence-corrected chi connectivity index (χ4v) is 0.943. The molecule has 0 aliphatic carbocycles. The van der Waals surface area contributed by atoms with Crippen molar-refractivity contribution >= 4 is 6.08 Å². The summed E-state index contributed by atoms with van der Waals surface area (Å²) >= 11 is 0. The third-order valence-corrected chi connectivity index (χ3v) is 1.63. The zero-order chi connectivity index (χ0) is 10.8. The fraction of sp³-hybridized carbons (Fsp3) is 0.222. The molecule has 0 unspecified atom stereocenters. The molecule has 0 saturated heterocycles. The first kappa shape index (κ1) is 10.6. The number of methoxy groups -OCH3 is 1. The van der Waals surface area contributed by atoms with E-state index in [4.69, 9.17) is 4.74 Å². The Kier molecular flexibility index (Phi) is 2.78. The van der Waals surface area contributed by atoms with E-state index in [0.29, 0.717) is 0 Å². The molecule has 0 atom stereocenters. The molecule has 0 saturated carbocycles. The summed E-state index contributed by atoms with van der Waals surface area (Å²) in [6.07, 6.45) is -2.13. The van der Waals surface area contributed by atoms with Crippen LogP contribution in [0.15, 0.2) is 18.8 Å². The summed E-state index contributed by atoms with van der Waals surface area (Å²) in [5, 5.41) is 0. The van der Waals surface area contributed by atoms with Crippen LogP contribution in [0.25, 0.3) is 6.08 Å². The molecule has 0 aliphatic heterocycles. The molecule has 14 heavy (non-hydrogen) atoms. The lowest BCUT2D eigenvalue weighted by atomic mass is 10.2. The van der Waals surface area contributed by atoms with Crippen molar-refractivity contribution in [1.29, 1.82) is 0 Å². The van der Waals surface area contributed by atoms with E-state index in [9.17, 15) is 13.2 Å². The Morgan fingerprint density at radius 1 is 1.50 bits per heavy atom. The van der Waals surface area contributed by atoms with Crippen molar-refractivity contribution < 1.29 is 17.9 Å². The Balaban J connectivity index is 3.21. The van der Waals surface area contributed by atoms with Crippen LogP contribution < -0.4 is 4.74 Å². The molecule has 1 aromatic heterocycles. The monoisotopic (exact) mass is 203 g/mol. The maximum atomic E-state index is 12.2. The topological polar surface area (TPSA) is 22.1 Å². The summed E-state index contributed by atoms with van der Waals surface area (Å²) in [5.74, 6) is 0.271. The molecule has 0 spiro atoms. The number of aromatic nitrogens is 1. The molecule has 0 radical (unpaired) electrons. The second-order valence-corrected chi connectivity index (χ2v) is 2.51. The van der Waals surface area contributed by atoms with Gasteiger partial charge in [-0.3, -0.25) is 0 Å². The van der Waals surface area contributed by atoms with Gasteiger partial charge in [0.1, 0.15) is 11.4 Å². The van der Waals surface area contributed by atoms with Gasteiger partial charge < -0.3 is 4.74 Å². The van der Waals surface area contributed by atoms with Gasteiger partial charge in [0.25, 0.3) is 0 Å². The van der Waals surface area contributed by atoms with Gasteiger partial charge >= 0.3 is 6.18 Å². The van der Waals surface area contributed by atoms with Crippen LogP contribution in [-0.4, -0.2) is 12.1 Å². The first-order valence-corrected chi connectivity index (χ1v) is 3.72. The normalized spacial score (nSPS) is 11.1. The summed E-state index contributed by atoms with van der Waals surface area (Å²) in [7, 11) is 1.36. The molecule has 0 bridgehead atoms. The SMILES string of the molecule is C=Cc1cc(C(F)(F)F)ncc1OC. The van der Waals surface area contributed by atoms with E-state index in [-0.39, 0.29) is 11.3 Å². The molecule has 76 valence electrons. The lowest BCUT2D eigenvalue weighted by Crippen LogP contribution is -2.08. The van der Waals surface area contributed by atoms with Gasteiger partial charge in [0.15, 0.2) is 0 Å². The number of hydrogen-bond donors (Lipinski definition) is 0. The number of alkyl halides is 3. The highest BCUT2D eigenvalue weighted by Crippen LogP contribution is 2.30. The molecular weight excluding hydrogens is 195 g/mol. The zero-order valence-electron chi connectivity index (χ0n) is 7.43. The Hall–Kier alpha value is -1.52. The Labute approximate surface area is 79.0 Å². The second kappa shape index (κ2) is 3.69. The van der Waals surface area contributed by atoms with E-state index in [0.717, 1.165) is 12.3 Å². The van der Waals surface area contributed by atoms with Gasteiger partial charge in [-0.25, -0.2) is 4.98 Å². The van der Waals surface area contributed by atoms with E-state index in [2.05, 4.69) is 11.6 Å². The van der Waals surface area contributed by atoms with Gasteiger partial charge in [-0.15, -0.1) is 0 Å². The van der Waals surface area contributed by atoms with Crippen LogP contribution in [-0.2, 0) is 6.18 Å². The molecule has 2 nitrogen and oxygen atoms in total. The maximum absolute atomic E-state index is 12.2. The van der Waals surface area contributed by atoms with Crippen molar-refractivity contribution in [2.45, 2.75) is 6.18 Å². The second-order valence-electron chi connectivity index (χ2n) is 2.51. The minimum Gasteiger partial charge on any atom is -0.495 e. The molecule has 5 heteroatoms. The highest BCUT2D eigenvalue weighted by molar-refractivity contribution is 5.55. The van der Waals surface area contributed by atoms with Crippen molar-refractivity contribution in [1.82, 2.24) is 4.98 Å². The van der Waals surface area contributed by atoms with Crippen molar-refractivity contribution in [2.24, 2.45) is 0 Å². The van der Waals surface area contributed by atoms with Gasteiger partial charge in [-0.05, 0) is 6.07 Å². The van der Waals surface area contributed by atoms with Crippen LogP contribution in [0.5, 0.6) is 5.75 Å². The van der Waals surface area contributed by atoms with Gasteiger partial charge in [0.05, 0.1) is 13.3 Å². The quantitative estimate of drug-likeness (QED) is 0.737. The van der Waals surface area contributed by atoms with Gasteiger partial charge in [-0.1, -0.05) is 12.7 Å². The predicted molar refractivity (Wildman–Crippen MR) is 45.9 cm³/mol. The van der Waals surface area contributed by atoms with Crippen LogP contribution in [0.2, 0.25) is 0 Å². The average molecular weight is 203 g/mol. The number of pyridine rings is 1. The minimum absolute atomic E-state index is 0.271. The first-order valence-electron chi connectivity index (χ1n) is 3.72. The molecule has 0 aromatic carbocycles. The Morgan fingerprint density at radius 2 is 2.14 bits per heavy atom. The molecule has 0 aliphatic rings. The van der Waals surface area contributed by atoms with Crippen molar-refractivity contribution in [3.8, 4) is 5.75 Å². The van der Waals surface area contributed by atoms with Gasteiger partial charge in [-0.2, -0.15) is 13.2 Å². The maximum Gasteiger partial charge on any atom is 0.433 e. The van der Waals surface area contributed by atoms with E-state index in [1.54, 1.807) is 0 Å². The summed E-state index contributed by atoms with van der Waals surface area (Å²) in [6, 6.07) is 0.895.